The van der Waals surface area contributed by atoms with Crippen molar-refractivity contribution < 1.29 is 94.6 Å². The second-order valence-electron chi connectivity index (χ2n) is 27.4. The Bertz CT molecular complexity index is 4420. The molecule has 6 amide bonds. The third-order valence-corrected chi connectivity index (χ3v) is 18.9. The lowest BCUT2D eigenvalue weighted by Gasteiger charge is -2.51. The number of hydrogen-bond acceptors (Lipinski definition) is 13. The zero-order valence-corrected chi connectivity index (χ0v) is 58.7. The lowest BCUT2D eigenvalue weighted by atomic mass is 9.79. The Morgan fingerprint density at radius 1 is 0.567 bits per heavy atom. The van der Waals surface area contributed by atoms with Crippen molar-refractivity contribution in [2.24, 2.45) is 16.6 Å². The number of hydrogen-bond donors (Lipinski definition) is 6. The summed E-state index contributed by atoms with van der Waals surface area (Å²) in [4.78, 5) is 84.6. The van der Waals surface area contributed by atoms with Crippen LogP contribution in [0.4, 0.5) is 69.7 Å². The lowest BCUT2D eigenvalue weighted by molar-refractivity contribution is -0.164. The molecule has 33 heteroatoms. The van der Waals surface area contributed by atoms with Crippen LogP contribution in [0.5, 0.6) is 0 Å². The van der Waals surface area contributed by atoms with Crippen LogP contribution in [0.3, 0.4) is 0 Å². The van der Waals surface area contributed by atoms with E-state index in [1.807, 2.05) is 0 Å². The number of halogens is 12. The molecule has 0 radical (unpaired) electrons. The van der Waals surface area contributed by atoms with Crippen molar-refractivity contribution in [1.29, 1.82) is 0 Å². The number of aromatic nitrogens is 2. The fraction of sp³-hybridized carbons (Fsp3) is 0.408. The first-order chi connectivity index (χ1) is 48.3. The number of nitrogens with one attached hydrogen (secondary N) is 5. The molecule has 7 N–H and O–H groups in total. The molecule has 0 aliphatic carbocycles. The predicted octanol–water partition coefficient (Wildman–Crippen LogP) is 11.3. The van der Waals surface area contributed by atoms with Crippen molar-refractivity contribution >= 4 is 62.5 Å². The Balaban J connectivity index is 0.000000198. The molecule has 3 unspecified atom stereocenters. The second kappa shape index (κ2) is 31.5. The van der Waals surface area contributed by atoms with E-state index >= 15 is 26.3 Å². The number of morpholine rings is 1. The number of fused-ring (bicyclic) bond motifs is 2. The number of sulfonamides is 1. The summed E-state index contributed by atoms with van der Waals surface area (Å²) in [6.45, 7) is 16.4. The van der Waals surface area contributed by atoms with Crippen LogP contribution in [0.15, 0.2) is 109 Å². The first-order valence-corrected chi connectivity index (χ1v) is 34.3. The van der Waals surface area contributed by atoms with Crippen LogP contribution in [0.1, 0.15) is 125 Å². The third kappa shape index (κ3) is 18.7. The normalized spacial score (nSPS) is 19.4. The van der Waals surface area contributed by atoms with Gasteiger partial charge in [0.25, 0.3) is 29.5 Å². The maximum Gasteiger partial charge on any atom is 0.369 e. The van der Waals surface area contributed by atoms with Gasteiger partial charge in [0.2, 0.25) is 15.9 Å². The van der Waals surface area contributed by atoms with E-state index in [0.717, 1.165) is 64.6 Å². The van der Waals surface area contributed by atoms with Gasteiger partial charge in [0.05, 0.1) is 42.8 Å². The Kier molecular flexibility index (Phi) is 24.3. The molecule has 5 atom stereocenters. The summed E-state index contributed by atoms with van der Waals surface area (Å²) < 4.78 is 207. The number of aryl methyl sites for hydroxylation is 3. The number of alkyl halides is 6. The first-order valence-electron chi connectivity index (χ1n) is 32.5. The highest BCUT2D eigenvalue weighted by molar-refractivity contribution is 7.88. The monoisotopic (exact) mass is 1490 g/mol. The fourth-order valence-electron chi connectivity index (χ4n) is 12.5. The lowest BCUT2D eigenvalue weighted by Crippen LogP contribution is -2.61. The third-order valence-electron chi connectivity index (χ3n) is 18.2. The Morgan fingerprint density at radius 3 is 1.38 bits per heavy atom. The average Bonchev–Trinajstić information content (AvgIpc) is 0.768. The summed E-state index contributed by atoms with van der Waals surface area (Å²) >= 11 is 0. The van der Waals surface area contributed by atoms with Crippen molar-refractivity contribution in [1.82, 2.24) is 34.7 Å². The summed E-state index contributed by atoms with van der Waals surface area (Å²) in [5.74, 6) is -24.2. The van der Waals surface area contributed by atoms with Gasteiger partial charge < -0.3 is 46.4 Å². The molecular weight excluding hydrogens is 1410 g/mol. The molecule has 2 aromatic heterocycles. The van der Waals surface area contributed by atoms with Crippen LogP contribution >= 0.6 is 0 Å². The van der Waals surface area contributed by atoms with Gasteiger partial charge in [-0.25, -0.2) is 49.5 Å². The highest BCUT2D eigenvalue weighted by Crippen LogP contribution is 2.44. The van der Waals surface area contributed by atoms with Crippen LogP contribution < -0.4 is 31.7 Å². The van der Waals surface area contributed by atoms with Gasteiger partial charge in [-0.05, 0) is 166 Å². The van der Waals surface area contributed by atoms with Gasteiger partial charge >= 0.3 is 17.8 Å². The molecule has 4 saturated heterocycles. The number of carbonyl (C=O) groups excluding carboxylic acids is 6. The van der Waals surface area contributed by atoms with Gasteiger partial charge in [0.1, 0.15) is 34.7 Å². The summed E-state index contributed by atoms with van der Waals surface area (Å²) in [6.07, 6.45) is 2.01. The van der Waals surface area contributed by atoms with Crippen molar-refractivity contribution in [3.05, 3.63) is 195 Å². The van der Waals surface area contributed by atoms with Crippen LogP contribution in [-0.2, 0) is 46.9 Å². The van der Waals surface area contributed by atoms with E-state index in [9.17, 15) is 63.5 Å². The van der Waals surface area contributed by atoms with Crippen LogP contribution in [0.25, 0.3) is 0 Å². The molecule has 6 heterocycles. The van der Waals surface area contributed by atoms with Crippen LogP contribution in [0, 0.1) is 66.5 Å². The molecule has 104 heavy (non-hydrogen) atoms. The topological polar surface area (TPSA) is 267 Å². The molecule has 2 bridgehead atoms. The van der Waals surface area contributed by atoms with Crippen LogP contribution in [-0.4, -0.2) is 144 Å². The number of nitrogens with two attached hydrogens (primary N) is 1. The van der Waals surface area contributed by atoms with Gasteiger partial charge in [0.15, 0.2) is 23.0 Å². The van der Waals surface area contributed by atoms with Crippen molar-refractivity contribution in [2.75, 3.05) is 61.6 Å². The quantitative estimate of drug-likeness (QED) is 0.0493. The Morgan fingerprint density at radius 2 is 0.971 bits per heavy atom. The van der Waals surface area contributed by atoms with Crippen molar-refractivity contribution in [2.45, 2.75) is 129 Å². The average molecular weight is 1490 g/mol. The largest absolute Gasteiger partial charge is 0.377 e. The van der Waals surface area contributed by atoms with E-state index in [-0.39, 0.29) is 116 Å². The predicted molar refractivity (Wildman–Crippen MR) is 360 cm³/mol. The molecular formula is C71H77F12N11O9S. The van der Waals surface area contributed by atoms with E-state index in [2.05, 4.69) is 42.5 Å². The number of piperidine rings is 3. The first kappa shape index (κ1) is 80.2. The zero-order chi connectivity index (χ0) is 77.1. The van der Waals surface area contributed by atoms with E-state index < -0.39 is 155 Å². The minimum absolute atomic E-state index is 0.00470. The van der Waals surface area contributed by atoms with Crippen LogP contribution in [0.2, 0.25) is 0 Å². The van der Waals surface area contributed by atoms with E-state index in [0.29, 0.717) is 18.6 Å². The molecule has 0 saturated carbocycles. The van der Waals surface area contributed by atoms with Gasteiger partial charge in [-0.3, -0.25) is 28.8 Å². The van der Waals surface area contributed by atoms with E-state index in [1.165, 1.54) is 69.0 Å². The summed E-state index contributed by atoms with van der Waals surface area (Å²) in [5, 5.41) is 10.0. The molecule has 4 fully saturated rings. The van der Waals surface area contributed by atoms with Crippen molar-refractivity contribution in [3.63, 3.8) is 0 Å². The summed E-state index contributed by atoms with van der Waals surface area (Å²) in [6, 6.07) is 14.9. The van der Waals surface area contributed by atoms with Gasteiger partial charge in [-0.2, -0.15) is 26.3 Å². The molecule has 0 spiro atoms. The number of likely N-dealkylation sites (tertiary alicyclic amines) is 2. The molecule has 4 aromatic carbocycles. The Hall–Kier alpha value is -9.47. The molecule has 20 nitrogen and oxygen atoms in total. The highest BCUT2D eigenvalue weighted by atomic mass is 32.2. The maximum atomic E-state index is 15.7. The number of anilines is 3. The molecule has 4 aliphatic rings. The number of ether oxygens (including phenoxy) is 1. The number of rotatable bonds is 16. The molecule has 4 aliphatic heterocycles. The zero-order valence-electron chi connectivity index (χ0n) is 57.8. The van der Waals surface area contributed by atoms with Gasteiger partial charge in [-0.1, -0.05) is 34.3 Å². The number of benzene rings is 4. The molecule has 10 rings (SSSR count). The van der Waals surface area contributed by atoms with Crippen molar-refractivity contribution in [3.8, 4) is 0 Å². The van der Waals surface area contributed by atoms with Gasteiger partial charge in [0, 0.05) is 79.3 Å². The number of allylic oxidation sites excluding steroid dienone is 1. The summed E-state index contributed by atoms with van der Waals surface area (Å²) in [7, 11) is -3.50. The highest BCUT2D eigenvalue weighted by Gasteiger charge is 2.53. The van der Waals surface area contributed by atoms with E-state index in [1.54, 1.807) is 27.7 Å². The number of amides is 6. The Labute approximate surface area is 591 Å². The standard InChI is InChI=1S/C25H27F4N3O4S.C24H26F4N4O3.C22H24F4N4O2/c1-14-8-17(5-7-22(14)26)30-24(33)16-4-6-23(27)21(9-16)25(28,29)15(2)32-19-10-18(31-37(3,34)35)11-20(32)13-36-12-19;1-13-11-15(5-6-16(13)25)30-21(34)18-8-7-17(26)20(31-18)24(27,28)22(35)32-10-9-19(29-14(2)33)23(3,4)12-32;1-12-10-13(4-5-14(12)23)28-19(31)16-7-6-15(24)18(29-16)22(25,26)20(32)30-9-8-17(27)21(2,3)11-30/h4-9,18-20,31H,2,10-13H2,1,3H3,(H,30,33);5-8,11,19H,9-10,12H2,1-4H3,(H,29,33)(H,30,34);4-7,10,17H,8-9,11,27H2,1-3H3,(H,28,31)/t18?,19-,20+;;. The second-order valence-corrected chi connectivity index (χ2v) is 29.1. The molecule has 6 aromatic rings. The number of pyridine rings is 2. The minimum Gasteiger partial charge on any atom is -0.377 e. The summed E-state index contributed by atoms with van der Waals surface area (Å²) in [5.41, 5.74) is 0.277. The number of nitrogens with zero attached hydrogens (tertiary/aromatic N) is 5. The minimum atomic E-state index is -4.34. The smallest absolute Gasteiger partial charge is 0.369 e. The van der Waals surface area contributed by atoms with Gasteiger partial charge in [-0.15, -0.1) is 0 Å². The fourth-order valence-corrected chi connectivity index (χ4v) is 13.3. The van der Waals surface area contributed by atoms with E-state index in [4.69, 9.17) is 10.5 Å². The molecule has 560 valence electrons. The number of carbonyl (C=O) groups is 6. The maximum absolute atomic E-state index is 15.7. The SMILES string of the molecule is C=C(N1[C@@H]2COC[C@H]1CC(NS(C)(=O)=O)C2)C(F)(F)c1cc(C(=O)Nc2ccc(F)c(C)c2)ccc1F.CC(=O)NC1CCN(C(=O)C(F)(F)c2nc(C(=O)Nc3ccc(F)c(C)c3)ccc2F)CC1(C)C.Cc1cc(NC(=O)c2ccc(F)c(C(F)(F)C(=O)N3CCC(N)C(C)(C)C3)n2)ccc1F.